The number of carbonyl (C=O) groups is 2. The van der Waals surface area contributed by atoms with Crippen LogP contribution >= 0.6 is 23.4 Å². The summed E-state index contributed by atoms with van der Waals surface area (Å²) >= 11 is 7.12. The summed E-state index contributed by atoms with van der Waals surface area (Å²) in [5.74, 6) is -0.604. The molecule has 0 spiro atoms. The highest BCUT2D eigenvalue weighted by Gasteiger charge is 2.15. The van der Waals surface area contributed by atoms with E-state index in [2.05, 4.69) is 20.8 Å². The number of amides is 2. The molecule has 7 nitrogen and oxygen atoms in total. The Kier molecular flexibility index (Phi) is 7.07. The van der Waals surface area contributed by atoms with Crippen LogP contribution in [0.3, 0.4) is 0 Å². The fourth-order valence-electron chi connectivity index (χ4n) is 2.61. The molecule has 2 N–H and O–H groups in total. The number of halogens is 2. The number of anilines is 2. The molecule has 0 fully saturated rings. The van der Waals surface area contributed by atoms with Crippen LogP contribution < -0.4 is 10.6 Å². The lowest BCUT2D eigenvalue weighted by Gasteiger charge is -2.09. The molecule has 0 aliphatic carbocycles. The minimum Gasteiger partial charge on any atom is -0.325 e. The Morgan fingerprint density at radius 3 is 2.57 bits per heavy atom. The standard InChI is InChI=1S/C20H19ClFN5O2S/c1-12-9-13(21)7-8-15(12)23-19(29)11-30-20-26-25-17(27(20)2)10-18(28)24-16-6-4-3-5-14(16)22/h3-9H,10-11H2,1-2H3,(H,23,29)(H,24,28). The second-order valence-electron chi connectivity index (χ2n) is 6.46. The number of rotatable bonds is 7. The summed E-state index contributed by atoms with van der Waals surface area (Å²) in [7, 11) is 1.70. The van der Waals surface area contributed by atoms with E-state index in [1.807, 2.05) is 6.92 Å². The minimum absolute atomic E-state index is 0.0748. The number of para-hydroxylation sites is 1. The zero-order valence-electron chi connectivity index (χ0n) is 16.3. The number of aryl methyl sites for hydroxylation is 1. The summed E-state index contributed by atoms with van der Waals surface area (Å²) in [6, 6.07) is 11.1. The molecule has 0 radical (unpaired) electrons. The monoisotopic (exact) mass is 447 g/mol. The van der Waals surface area contributed by atoms with Crippen molar-refractivity contribution in [2.75, 3.05) is 16.4 Å². The van der Waals surface area contributed by atoms with Crippen LogP contribution in [0.4, 0.5) is 15.8 Å². The molecule has 2 aromatic carbocycles. The van der Waals surface area contributed by atoms with Crippen molar-refractivity contribution >= 4 is 46.6 Å². The molecule has 0 saturated carbocycles. The highest BCUT2D eigenvalue weighted by Crippen LogP contribution is 2.21. The van der Waals surface area contributed by atoms with Gasteiger partial charge in [-0.1, -0.05) is 35.5 Å². The van der Waals surface area contributed by atoms with Crippen molar-refractivity contribution in [2.24, 2.45) is 7.05 Å². The van der Waals surface area contributed by atoms with E-state index in [-0.39, 0.29) is 23.8 Å². The van der Waals surface area contributed by atoms with Gasteiger partial charge in [0.15, 0.2) is 5.16 Å². The molecule has 30 heavy (non-hydrogen) atoms. The van der Waals surface area contributed by atoms with Crippen LogP contribution in [-0.4, -0.2) is 32.3 Å². The lowest BCUT2D eigenvalue weighted by Crippen LogP contribution is -2.18. The van der Waals surface area contributed by atoms with Gasteiger partial charge in [0, 0.05) is 17.8 Å². The van der Waals surface area contributed by atoms with Gasteiger partial charge in [0.2, 0.25) is 11.8 Å². The molecule has 0 unspecified atom stereocenters. The molecule has 1 heterocycles. The topological polar surface area (TPSA) is 88.9 Å². The van der Waals surface area contributed by atoms with Gasteiger partial charge in [-0.05, 0) is 42.8 Å². The Morgan fingerprint density at radius 2 is 1.83 bits per heavy atom. The van der Waals surface area contributed by atoms with Crippen molar-refractivity contribution in [2.45, 2.75) is 18.5 Å². The summed E-state index contributed by atoms with van der Waals surface area (Å²) in [5, 5.41) is 14.4. The minimum atomic E-state index is -0.512. The smallest absolute Gasteiger partial charge is 0.234 e. The molecule has 3 rings (SSSR count). The molecule has 10 heteroatoms. The number of benzene rings is 2. The number of hydrogen-bond donors (Lipinski definition) is 2. The van der Waals surface area contributed by atoms with Gasteiger partial charge in [0.25, 0.3) is 0 Å². The van der Waals surface area contributed by atoms with Crippen LogP contribution in [-0.2, 0) is 23.1 Å². The molecule has 0 aliphatic rings. The van der Waals surface area contributed by atoms with E-state index in [1.54, 1.807) is 41.9 Å². The summed E-state index contributed by atoms with van der Waals surface area (Å²) < 4.78 is 15.3. The molecule has 3 aromatic rings. The van der Waals surface area contributed by atoms with Crippen LogP contribution in [0.2, 0.25) is 5.02 Å². The van der Waals surface area contributed by atoms with Crippen LogP contribution in [0.1, 0.15) is 11.4 Å². The third-order valence-electron chi connectivity index (χ3n) is 4.19. The lowest BCUT2D eigenvalue weighted by molar-refractivity contribution is -0.116. The van der Waals surface area contributed by atoms with Crippen molar-refractivity contribution in [1.82, 2.24) is 14.8 Å². The van der Waals surface area contributed by atoms with E-state index < -0.39 is 11.7 Å². The molecule has 0 aliphatic heterocycles. The SMILES string of the molecule is Cc1cc(Cl)ccc1NC(=O)CSc1nnc(CC(=O)Nc2ccccc2F)n1C. The summed E-state index contributed by atoms with van der Waals surface area (Å²) in [6.45, 7) is 1.86. The molecule has 0 atom stereocenters. The van der Waals surface area contributed by atoms with Gasteiger partial charge < -0.3 is 15.2 Å². The first-order chi connectivity index (χ1) is 14.3. The van der Waals surface area contributed by atoms with Crippen molar-refractivity contribution in [3.8, 4) is 0 Å². The van der Waals surface area contributed by atoms with Crippen LogP contribution in [0.25, 0.3) is 0 Å². The van der Waals surface area contributed by atoms with Crippen molar-refractivity contribution in [3.63, 3.8) is 0 Å². The second-order valence-corrected chi connectivity index (χ2v) is 7.84. The zero-order chi connectivity index (χ0) is 21.7. The van der Waals surface area contributed by atoms with Gasteiger partial charge in [0.05, 0.1) is 17.9 Å². The van der Waals surface area contributed by atoms with Gasteiger partial charge in [-0.3, -0.25) is 9.59 Å². The molecule has 1 aromatic heterocycles. The van der Waals surface area contributed by atoms with Gasteiger partial charge in [-0.25, -0.2) is 4.39 Å². The summed E-state index contributed by atoms with van der Waals surface area (Å²) in [5.41, 5.74) is 1.66. The second kappa shape index (κ2) is 9.73. The maximum Gasteiger partial charge on any atom is 0.234 e. The molecule has 0 saturated heterocycles. The molecule has 2 amide bonds. The maximum atomic E-state index is 13.7. The molecule has 156 valence electrons. The Bertz CT molecular complexity index is 1090. The van der Waals surface area contributed by atoms with Gasteiger partial charge >= 0.3 is 0 Å². The van der Waals surface area contributed by atoms with E-state index in [0.29, 0.717) is 21.7 Å². The van der Waals surface area contributed by atoms with Crippen LogP contribution in [0.5, 0.6) is 0 Å². The van der Waals surface area contributed by atoms with Crippen LogP contribution in [0, 0.1) is 12.7 Å². The van der Waals surface area contributed by atoms with E-state index >= 15 is 0 Å². The highest BCUT2D eigenvalue weighted by molar-refractivity contribution is 7.99. The Labute approximate surface area is 182 Å². The Hall–Kier alpha value is -2.91. The maximum absolute atomic E-state index is 13.7. The van der Waals surface area contributed by atoms with Gasteiger partial charge in [-0.2, -0.15) is 0 Å². The predicted octanol–water partition coefficient (Wildman–Crippen LogP) is 3.83. The number of hydrogen-bond acceptors (Lipinski definition) is 5. The zero-order valence-corrected chi connectivity index (χ0v) is 17.9. The number of aromatic nitrogens is 3. The van der Waals surface area contributed by atoms with Gasteiger partial charge in [-0.15, -0.1) is 10.2 Å². The number of nitrogens with zero attached hydrogens (tertiary/aromatic N) is 3. The highest BCUT2D eigenvalue weighted by atomic mass is 35.5. The van der Waals surface area contributed by atoms with E-state index in [1.165, 1.54) is 23.9 Å². The first-order valence-corrected chi connectivity index (χ1v) is 10.3. The Morgan fingerprint density at radius 1 is 1.10 bits per heavy atom. The number of thioether (sulfide) groups is 1. The van der Waals surface area contributed by atoms with E-state index in [9.17, 15) is 14.0 Å². The van der Waals surface area contributed by atoms with E-state index in [0.717, 1.165) is 5.56 Å². The quantitative estimate of drug-likeness (QED) is 0.537. The third kappa shape index (κ3) is 5.58. The largest absolute Gasteiger partial charge is 0.325 e. The summed E-state index contributed by atoms with van der Waals surface area (Å²) in [6.07, 6.45) is -0.0748. The molecule has 0 bridgehead atoms. The average molecular weight is 448 g/mol. The average Bonchev–Trinajstić information content (AvgIpc) is 3.04. The van der Waals surface area contributed by atoms with E-state index in [4.69, 9.17) is 11.6 Å². The van der Waals surface area contributed by atoms with Crippen molar-refractivity contribution < 1.29 is 14.0 Å². The molecular weight excluding hydrogens is 429 g/mol. The fourth-order valence-corrected chi connectivity index (χ4v) is 3.57. The van der Waals surface area contributed by atoms with Crippen molar-refractivity contribution in [1.29, 1.82) is 0 Å². The first-order valence-electron chi connectivity index (χ1n) is 8.95. The predicted molar refractivity (Wildman–Crippen MR) is 115 cm³/mol. The van der Waals surface area contributed by atoms with Crippen LogP contribution in [0.15, 0.2) is 47.6 Å². The first kappa shape index (κ1) is 21.8. The van der Waals surface area contributed by atoms with Gasteiger partial charge in [0.1, 0.15) is 11.6 Å². The Balaban J connectivity index is 1.55. The normalized spacial score (nSPS) is 10.7. The third-order valence-corrected chi connectivity index (χ3v) is 5.44. The number of nitrogens with one attached hydrogen (secondary N) is 2. The summed E-state index contributed by atoms with van der Waals surface area (Å²) in [4.78, 5) is 24.4. The fraction of sp³-hybridized carbons (Fsp3) is 0.200. The van der Waals surface area contributed by atoms with Crippen molar-refractivity contribution in [3.05, 3.63) is 64.7 Å². The molecular formula is C20H19ClFN5O2S. The number of carbonyl (C=O) groups excluding carboxylic acids is 2. The lowest BCUT2D eigenvalue weighted by atomic mass is 10.2.